The van der Waals surface area contributed by atoms with Crippen LogP contribution in [-0.4, -0.2) is 56.8 Å². The molecule has 0 saturated carbocycles. The van der Waals surface area contributed by atoms with Gasteiger partial charge in [0.25, 0.3) is 5.91 Å². The number of anilines is 1. The van der Waals surface area contributed by atoms with Crippen LogP contribution in [0.15, 0.2) is 42.5 Å². The van der Waals surface area contributed by atoms with Crippen molar-refractivity contribution >= 4 is 11.6 Å². The van der Waals surface area contributed by atoms with Crippen LogP contribution in [0.5, 0.6) is 5.75 Å². The van der Waals surface area contributed by atoms with Crippen molar-refractivity contribution in [3.05, 3.63) is 59.4 Å². The van der Waals surface area contributed by atoms with Gasteiger partial charge in [0.05, 0.1) is 24.4 Å². The molecule has 0 radical (unpaired) electrons. The van der Waals surface area contributed by atoms with Gasteiger partial charge in [0, 0.05) is 18.7 Å². The van der Waals surface area contributed by atoms with Crippen LogP contribution in [0.3, 0.4) is 0 Å². The molecule has 0 bridgehead atoms. The number of benzene rings is 2. The van der Waals surface area contributed by atoms with Crippen LogP contribution in [0.4, 0.5) is 10.1 Å². The Morgan fingerprint density at radius 1 is 1.31 bits per heavy atom. The van der Waals surface area contributed by atoms with E-state index in [0.717, 1.165) is 12.2 Å². The number of nitrogens with zero attached hydrogens (tertiary/aromatic N) is 1. The fourth-order valence-corrected chi connectivity index (χ4v) is 3.05. The molecule has 0 fully saturated rings. The van der Waals surface area contributed by atoms with E-state index in [2.05, 4.69) is 15.5 Å². The second-order valence-corrected chi connectivity index (χ2v) is 7.85. The van der Waals surface area contributed by atoms with Gasteiger partial charge in [0.1, 0.15) is 18.2 Å². The van der Waals surface area contributed by atoms with Crippen molar-refractivity contribution in [2.75, 3.05) is 45.8 Å². The molecule has 29 heavy (non-hydrogen) atoms. The van der Waals surface area contributed by atoms with E-state index in [4.69, 9.17) is 9.47 Å². The topological polar surface area (TPSA) is 62.8 Å². The first-order valence-corrected chi connectivity index (χ1v) is 9.65. The van der Waals surface area contributed by atoms with Gasteiger partial charge in [-0.1, -0.05) is 12.1 Å². The van der Waals surface area contributed by atoms with Gasteiger partial charge < -0.3 is 25.0 Å². The molecule has 2 aromatic carbocycles. The maximum atomic E-state index is 13.3. The third kappa shape index (κ3) is 5.92. The minimum absolute atomic E-state index is 0.228. The van der Waals surface area contributed by atoms with Gasteiger partial charge in [-0.15, -0.1) is 0 Å². The number of ether oxygens (including phenoxy) is 2. The van der Waals surface area contributed by atoms with Crippen LogP contribution in [-0.2, 0) is 11.3 Å². The number of likely N-dealkylation sites (N-methyl/N-ethyl adjacent to an activating group) is 1. The molecule has 3 rings (SSSR count). The highest BCUT2D eigenvalue weighted by molar-refractivity contribution is 5.95. The lowest BCUT2D eigenvalue weighted by Crippen LogP contribution is -2.48. The SMILES string of the molecule is CN(C)CCOCC1(C)COc2ccc(C(=O)NCc3cccc(F)c3)cc2N1. The van der Waals surface area contributed by atoms with E-state index >= 15 is 0 Å². The Morgan fingerprint density at radius 2 is 2.14 bits per heavy atom. The first-order valence-electron chi connectivity index (χ1n) is 9.65. The fraction of sp³-hybridized carbons (Fsp3) is 0.409. The maximum absolute atomic E-state index is 13.3. The summed E-state index contributed by atoms with van der Waals surface area (Å²) < 4.78 is 24.9. The number of rotatable bonds is 8. The van der Waals surface area contributed by atoms with Crippen LogP contribution in [0.25, 0.3) is 0 Å². The average Bonchev–Trinajstić information content (AvgIpc) is 2.69. The highest BCUT2D eigenvalue weighted by atomic mass is 19.1. The average molecular weight is 401 g/mol. The van der Waals surface area contributed by atoms with Crippen molar-refractivity contribution in [1.29, 1.82) is 0 Å². The number of fused-ring (bicyclic) bond motifs is 1. The van der Waals surface area contributed by atoms with Gasteiger partial charge >= 0.3 is 0 Å². The molecule has 2 N–H and O–H groups in total. The number of halogens is 1. The molecule has 156 valence electrons. The molecule has 7 heteroatoms. The van der Waals surface area contributed by atoms with Crippen molar-refractivity contribution in [3.8, 4) is 5.75 Å². The summed E-state index contributed by atoms with van der Waals surface area (Å²) in [6, 6.07) is 11.5. The number of hydrogen-bond donors (Lipinski definition) is 2. The van der Waals surface area contributed by atoms with Gasteiger partial charge in [0.2, 0.25) is 0 Å². The normalized spacial score (nSPS) is 18.0. The zero-order valence-corrected chi connectivity index (χ0v) is 17.1. The second-order valence-electron chi connectivity index (χ2n) is 7.85. The zero-order valence-electron chi connectivity index (χ0n) is 17.1. The summed E-state index contributed by atoms with van der Waals surface area (Å²) in [4.78, 5) is 14.6. The lowest BCUT2D eigenvalue weighted by Gasteiger charge is -2.36. The van der Waals surface area contributed by atoms with E-state index < -0.39 is 0 Å². The summed E-state index contributed by atoms with van der Waals surface area (Å²) in [6.07, 6.45) is 0. The monoisotopic (exact) mass is 401 g/mol. The molecule has 0 aliphatic carbocycles. The van der Waals surface area contributed by atoms with Gasteiger partial charge in [-0.3, -0.25) is 4.79 Å². The number of carbonyl (C=O) groups excluding carboxylic acids is 1. The Bertz CT molecular complexity index is 859. The highest BCUT2D eigenvalue weighted by Crippen LogP contribution is 2.33. The standard InChI is InChI=1S/C22H28FN3O3/c1-22(14-28-10-9-26(2)3)15-29-20-8-7-17(12-19(20)25-22)21(27)24-13-16-5-4-6-18(23)11-16/h4-8,11-12,25H,9-10,13-15H2,1-3H3,(H,24,27). The molecule has 1 heterocycles. The summed E-state index contributed by atoms with van der Waals surface area (Å²) in [6.45, 7) is 4.75. The smallest absolute Gasteiger partial charge is 0.251 e. The minimum atomic E-state index is -0.379. The lowest BCUT2D eigenvalue weighted by molar-refractivity contribution is 0.0645. The molecule has 1 unspecified atom stereocenters. The van der Waals surface area contributed by atoms with Crippen molar-refractivity contribution in [2.24, 2.45) is 0 Å². The Balaban J connectivity index is 1.60. The molecule has 1 amide bonds. The molecular weight excluding hydrogens is 373 g/mol. The number of nitrogens with one attached hydrogen (secondary N) is 2. The van der Waals surface area contributed by atoms with Gasteiger partial charge in [0.15, 0.2) is 0 Å². The molecule has 0 aromatic heterocycles. The molecular formula is C22H28FN3O3. The van der Waals surface area contributed by atoms with Crippen molar-refractivity contribution in [1.82, 2.24) is 10.2 Å². The van der Waals surface area contributed by atoms with Crippen molar-refractivity contribution in [2.45, 2.75) is 19.0 Å². The predicted octanol–water partition coefficient (Wildman–Crippen LogP) is 2.90. The van der Waals surface area contributed by atoms with Crippen LogP contribution in [0, 0.1) is 5.82 Å². The first kappa shape index (κ1) is 21.1. The molecule has 2 aromatic rings. The number of carbonyl (C=O) groups is 1. The van der Waals surface area contributed by atoms with Gasteiger partial charge in [-0.05, 0) is 56.9 Å². The first-order chi connectivity index (χ1) is 13.8. The van der Waals surface area contributed by atoms with Crippen LogP contribution < -0.4 is 15.4 Å². The molecule has 1 atom stereocenters. The van der Waals surface area contributed by atoms with E-state index in [1.165, 1.54) is 12.1 Å². The second kappa shape index (κ2) is 9.24. The quantitative estimate of drug-likeness (QED) is 0.666. The zero-order chi connectivity index (χ0) is 20.9. The summed E-state index contributed by atoms with van der Waals surface area (Å²) >= 11 is 0. The largest absolute Gasteiger partial charge is 0.489 e. The summed E-state index contributed by atoms with van der Waals surface area (Å²) in [5.41, 5.74) is 1.60. The molecule has 0 spiro atoms. The summed E-state index contributed by atoms with van der Waals surface area (Å²) in [5, 5.41) is 6.26. The Kier molecular flexibility index (Phi) is 6.71. The van der Waals surface area contributed by atoms with Crippen molar-refractivity contribution < 1.29 is 18.7 Å². The molecule has 1 aliphatic heterocycles. The third-order valence-electron chi connectivity index (χ3n) is 4.67. The third-order valence-corrected chi connectivity index (χ3v) is 4.67. The Hall–Kier alpha value is -2.64. The lowest BCUT2D eigenvalue weighted by atomic mass is 10.0. The number of amides is 1. The van der Waals surface area contributed by atoms with Crippen molar-refractivity contribution in [3.63, 3.8) is 0 Å². The maximum Gasteiger partial charge on any atom is 0.251 e. The van der Waals surface area contributed by atoms with Crippen LogP contribution in [0.1, 0.15) is 22.8 Å². The van der Waals surface area contributed by atoms with E-state index in [-0.39, 0.29) is 23.8 Å². The van der Waals surface area contributed by atoms with E-state index in [1.54, 1.807) is 30.3 Å². The minimum Gasteiger partial charge on any atom is -0.489 e. The predicted molar refractivity (Wildman–Crippen MR) is 111 cm³/mol. The fourth-order valence-electron chi connectivity index (χ4n) is 3.05. The summed E-state index contributed by atoms with van der Waals surface area (Å²) in [5.74, 6) is 0.157. The number of hydrogen-bond acceptors (Lipinski definition) is 5. The summed E-state index contributed by atoms with van der Waals surface area (Å²) in [7, 11) is 4.01. The van der Waals surface area contributed by atoms with Crippen LogP contribution >= 0.6 is 0 Å². The van der Waals surface area contributed by atoms with Gasteiger partial charge in [-0.2, -0.15) is 0 Å². The van der Waals surface area contributed by atoms with Gasteiger partial charge in [-0.25, -0.2) is 4.39 Å². The van der Waals surface area contributed by atoms with E-state index in [0.29, 0.717) is 36.7 Å². The molecule has 0 saturated heterocycles. The highest BCUT2D eigenvalue weighted by Gasteiger charge is 2.31. The van der Waals surface area contributed by atoms with E-state index in [9.17, 15) is 9.18 Å². The Labute approximate surface area is 171 Å². The molecule has 1 aliphatic rings. The van der Waals surface area contributed by atoms with Crippen LogP contribution in [0.2, 0.25) is 0 Å². The molecule has 6 nitrogen and oxygen atoms in total. The Morgan fingerprint density at radius 3 is 2.90 bits per heavy atom. The van der Waals surface area contributed by atoms with E-state index in [1.807, 2.05) is 21.0 Å².